The van der Waals surface area contributed by atoms with Crippen LogP contribution in [-0.2, 0) is 16.0 Å². The lowest BCUT2D eigenvalue weighted by Crippen LogP contribution is -2.44. The maximum atomic E-state index is 12.5. The van der Waals surface area contributed by atoms with E-state index >= 15 is 0 Å². The molecule has 0 bridgehead atoms. The van der Waals surface area contributed by atoms with E-state index in [1.807, 2.05) is 23.1 Å². The number of aryl methyl sites for hydroxylation is 1. The topological polar surface area (TPSA) is 84.6 Å². The molecule has 0 aromatic carbocycles. The van der Waals surface area contributed by atoms with Crippen LogP contribution in [0, 0.1) is 5.92 Å². The lowest BCUT2D eigenvalue weighted by atomic mass is 9.95. The minimum Gasteiger partial charge on any atom is -0.379 e. The molecule has 8 heteroatoms. The quantitative estimate of drug-likeness (QED) is 0.747. The van der Waals surface area contributed by atoms with Gasteiger partial charge in [0.15, 0.2) is 0 Å². The van der Waals surface area contributed by atoms with E-state index in [-0.39, 0.29) is 5.91 Å². The molecule has 4 heterocycles. The van der Waals surface area contributed by atoms with Gasteiger partial charge in [-0.3, -0.25) is 14.7 Å². The minimum atomic E-state index is 0.169. The summed E-state index contributed by atoms with van der Waals surface area (Å²) >= 11 is 0. The van der Waals surface area contributed by atoms with Crippen molar-refractivity contribution in [3.63, 3.8) is 0 Å². The second-order valence-corrected chi connectivity index (χ2v) is 7.46. The van der Waals surface area contributed by atoms with Crippen molar-refractivity contribution in [2.24, 2.45) is 5.92 Å². The fraction of sp³-hybridized carbons (Fsp3) is 0.600. The van der Waals surface area contributed by atoms with Crippen LogP contribution in [0.2, 0.25) is 0 Å². The highest BCUT2D eigenvalue weighted by Gasteiger charge is 2.25. The first-order valence-corrected chi connectivity index (χ1v) is 10.1. The number of ether oxygens (including phenoxy) is 1. The van der Waals surface area contributed by atoms with Gasteiger partial charge in [-0.2, -0.15) is 4.98 Å². The average molecular weight is 385 g/mol. The van der Waals surface area contributed by atoms with Crippen LogP contribution in [-0.4, -0.2) is 76.8 Å². The van der Waals surface area contributed by atoms with Crippen molar-refractivity contribution in [3.8, 4) is 11.5 Å². The van der Waals surface area contributed by atoms with Gasteiger partial charge < -0.3 is 14.2 Å². The Morgan fingerprint density at radius 3 is 2.71 bits per heavy atom. The van der Waals surface area contributed by atoms with Crippen LogP contribution in [0.4, 0.5) is 0 Å². The van der Waals surface area contributed by atoms with E-state index in [0.29, 0.717) is 36.2 Å². The number of nitrogens with zero attached hydrogens (tertiary/aromatic N) is 5. The van der Waals surface area contributed by atoms with Crippen LogP contribution in [0.1, 0.15) is 25.2 Å². The highest BCUT2D eigenvalue weighted by atomic mass is 16.5. The van der Waals surface area contributed by atoms with E-state index < -0.39 is 0 Å². The van der Waals surface area contributed by atoms with Crippen LogP contribution < -0.4 is 0 Å². The third-order valence-corrected chi connectivity index (χ3v) is 5.50. The number of piperidine rings is 1. The van der Waals surface area contributed by atoms with Crippen LogP contribution in [0.5, 0.6) is 0 Å². The summed E-state index contributed by atoms with van der Waals surface area (Å²) in [5.74, 6) is 1.80. The molecule has 2 aromatic heterocycles. The number of amides is 1. The maximum absolute atomic E-state index is 12.5. The molecule has 0 N–H and O–H groups in total. The molecule has 0 atom stereocenters. The van der Waals surface area contributed by atoms with E-state index in [0.717, 1.165) is 58.8 Å². The number of rotatable bonds is 6. The van der Waals surface area contributed by atoms with Gasteiger partial charge in [0.1, 0.15) is 5.69 Å². The molecule has 150 valence electrons. The van der Waals surface area contributed by atoms with Crippen LogP contribution in [0.3, 0.4) is 0 Å². The molecule has 0 saturated carbocycles. The number of hydrogen-bond donors (Lipinski definition) is 0. The molecule has 0 aliphatic carbocycles. The highest BCUT2D eigenvalue weighted by Crippen LogP contribution is 2.20. The van der Waals surface area contributed by atoms with Crippen molar-refractivity contribution in [2.75, 3.05) is 45.9 Å². The van der Waals surface area contributed by atoms with Crippen molar-refractivity contribution >= 4 is 5.91 Å². The number of morpholine rings is 1. The summed E-state index contributed by atoms with van der Waals surface area (Å²) in [6.07, 6.45) is 4.71. The minimum absolute atomic E-state index is 0.169. The Hall–Kier alpha value is -2.32. The fourth-order valence-electron chi connectivity index (χ4n) is 3.84. The number of carbonyl (C=O) groups is 1. The van der Waals surface area contributed by atoms with Gasteiger partial charge in [-0.1, -0.05) is 11.2 Å². The summed E-state index contributed by atoms with van der Waals surface area (Å²) in [5, 5.41) is 3.96. The number of pyridine rings is 1. The number of likely N-dealkylation sites (tertiary alicyclic amines) is 1. The molecule has 8 nitrogen and oxygen atoms in total. The van der Waals surface area contributed by atoms with E-state index in [4.69, 9.17) is 9.26 Å². The van der Waals surface area contributed by atoms with Crippen molar-refractivity contribution in [1.29, 1.82) is 0 Å². The molecule has 2 fully saturated rings. The smallest absolute Gasteiger partial charge is 0.227 e. The maximum Gasteiger partial charge on any atom is 0.227 e. The molecular weight excluding hydrogens is 358 g/mol. The van der Waals surface area contributed by atoms with Gasteiger partial charge in [0, 0.05) is 51.8 Å². The molecule has 2 aliphatic heterocycles. The van der Waals surface area contributed by atoms with E-state index in [2.05, 4.69) is 20.0 Å². The summed E-state index contributed by atoms with van der Waals surface area (Å²) in [5.41, 5.74) is 0.672. The molecule has 1 amide bonds. The summed E-state index contributed by atoms with van der Waals surface area (Å²) in [4.78, 5) is 25.6. The predicted octanol–water partition coefficient (Wildman–Crippen LogP) is 1.64. The van der Waals surface area contributed by atoms with E-state index in [1.165, 1.54) is 0 Å². The molecular formula is C20H27N5O3. The van der Waals surface area contributed by atoms with Gasteiger partial charge in [-0.25, -0.2) is 0 Å². The Bertz CT molecular complexity index is 752. The molecule has 2 aliphatic rings. The SMILES string of the molecule is O=C(CCc1nc(-c2ccccn2)no1)N1CCC(CN2CCOCC2)CC1. The predicted molar refractivity (Wildman–Crippen MR) is 102 cm³/mol. The standard InChI is InChI=1S/C20H27N5O3/c26-19(5-4-18-22-20(23-28-18)17-3-1-2-8-21-17)25-9-6-16(7-10-25)15-24-11-13-27-14-12-24/h1-3,8,16H,4-7,9-15H2. The van der Waals surface area contributed by atoms with Crippen molar-refractivity contribution < 1.29 is 14.1 Å². The average Bonchev–Trinajstić information content (AvgIpc) is 3.23. The molecule has 2 saturated heterocycles. The first-order chi connectivity index (χ1) is 13.8. The Balaban J connectivity index is 1.20. The summed E-state index contributed by atoms with van der Waals surface area (Å²) in [6, 6.07) is 5.55. The normalized spacial score (nSPS) is 19.1. The zero-order valence-corrected chi connectivity index (χ0v) is 16.1. The Kier molecular flexibility index (Phi) is 6.28. The molecule has 2 aromatic rings. The third kappa shape index (κ3) is 4.94. The fourth-order valence-corrected chi connectivity index (χ4v) is 3.84. The highest BCUT2D eigenvalue weighted by molar-refractivity contribution is 5.76. The van der Waals surface area contributed by atoms with Gasteiger partial charge in [0.2, 0.25) is 17.6 Å². The lowest BCUT2D eigenvalue weighted by molar-refractivity contribution is -0.132. The second kappa shape index (κ2) is 9.25. The summed E-state index contributed by atoms with van der Waals surface area (Å²) in [6.45, 7) is 6.56. The molecule has 28 heavy (non-hydrogen) atoms. The van der Waals surface area contributed by atoms with E-state index in [1.54, 1.807) is 6.20 Å². The zero-order valence-electron chi connectivity index (χ0n) is 16.1. The van der Waals surface area contributed by atoms with Gasteiger partial charge in [0.05, 0.1) is 13.2 Å². The Labute approximate surface area is 164 Å². The largest absolute Gasteiger partial charge is 0.379 e. The Morgan fingerprint density at radius 1 is 1.14 bits per heavy atom. The monoisotopic (exact) mass is 385 g/mol. The zero-order chi connectivity index (χ0) is 19.2. The van der Waals surface area contributed by atoms with Crippen LogP contribution in [0.25, 0.3) is 11.5 Å². The van der Waals surface area contributed by atoms with Gasteiger partial charge in [-0.15, -0.1) is 0 Å². The van der Waals surface area contributed by atoms with Crippen molar-refractivity contribution in [1.82, 2.24) is 24.9 Å². The van der Waals surface area contributed by atoms with Crippen molar-refractivity contribution in [2.45, 2.75) is 25.7 Å². The first kappa shape index (κ1) is 19.0. The summed E-state index contributed by atoms with van der Waals surface area (Å²) in [7, 11) is 0. The van der Waals surface area contributed by atoms with Crippen LogP contribution in [0.15, 0.2) is 28.9 Å². The molecule has 4 rings (SSSR count). The van der Waals surface area contributed by atoms with Gasteiger partial charge in [-0.05, 0) is 30.9 Å². The number of aromatic nitrogens is 3. The second-order valence-electron chi connectivity index (χ2n) is 7.46. The summed E-state index contributed by atoms with van der Waals surface area (Å²) < 4.78 is 10.7. The Morgan fingerprint density at radius 2 is 1.96 bits per heavy atom. The van der Waals surface area contributed by atoms with Crippen molar-refractivity contribution in [3.05, 3.63) is 30.3 Å². The van der Waals surface area contributed by atoms with Gasteiger partial charge >= 0.3 is 0 Å². The third-order valence-electron chi connectivity index (χ3n) is 5.50. The molecule has 0 unspecified atom stereocenters. The lowest BCUT2D eigenvalue weighted by Gasteiger charge is -2.36. The number of carbonyl (C=O) groups excluding carboxylic acids is 1. The van der Waals surface area contributed by atoms with Crippen LogP contribution >= 0.6 is 0 Å². The number of hydrogen-bond acceptors (Lipinski definition) is 7. The van der Waals surface area contributed by atoms with E-state index in [9.17, 15) is 4.79 Å². The van der Waals surface area contributed by atoms with Gasteiger partial charge in [0.25, 0.3) is 0 Å². The molecule has 0 radical (unpaired) electrons. The molecule has 0 spiro atoms. The first-order valence-electron chi connectivity index (χ1n) is 10.1.